The van der Waals surface area contributed by atoms with Gasteiger partial charge in [-0.3, -0.25) is 14.9 Å². The Morgan fingerprint density at radius 3 is 2.50 bits per heavy atom. The van der Waals surface area contributed by atoms with Crippen molar-refractivity contribution in [3.05, 3.63) is 34.9 Å². The van der Waals surface area contributed by atoms with Gasteiger partial charge in [0.2, 0.25) is 11.8 Å². The van der Waals surface area contributed by atoms with E-state index in [1.807, 2.05) is 18.2 Å². The van der Waals surface area contributed by atoms with Crippen molar-refractivity contribution in [2.75, 3.05) is 20.1 Å². The summed E-state index contributed by atoms with van der Waals surface area (Å²) in [6.07, 6.45) is 0. The average Bonchev–Trinajstić information content (AvgIpc) is 2.37. The third-order valence-electron chi connectivity index (χ3n) is 2.28. The molecule has 3 N–H and O–H groups in total. The number of halogens is 1. The van der Waals surface area contributed by atoms with Crippen molar-refractivity contribution in [3.63, 3.8) is 0 Å². The van der Waals surface area contributed by atoms with Gasteiger partial charge in [0.15, 0.2) is 0 Å². The zero-order valence-corrected chi connectivity index (χ0v) is 10.9. The second kappa shape index (κ2) is 7.68. The molecule has 0 fully saturated rings. The van der Waals surface area contributed by atoms with Gasteiger partial charge in [-0.05, 0) is 11.6 Å². The van der Waals surface area contributed by atoms with E-state index in [0.717, 1.165) is 5.56 Å². The van der Waals surface area contributed by atoms with E-state index in [0.29, 0.717) is 11.6 Å². The summed E-state index contributed by atoms with van der Waals surface area (Å²) in [7, 11) is 1.54. The molecule has 1 rings (SSSR count). The zero-order chi connectivity index (χ0) is 13.4. The number of amides is 2. The standard InChI is InChI=1S/C12H16ClN3O2/c1-14-11(17)7-15-8-12(18)16-6-9-4-2-3-5-10(9)13/h2-5,15H,6-8H2,1H3,(H,14,17)(H,16,18). The predicted octanol–water partition coefficient (Wildman–Crippen LogP) is 0.292. The molecule has 18 heavy (non-hydrogen) atoms. The summed E-state index contributed by atoms with van der Waals surface area (Å²) < 4.78 is 0. The molecule has 98 valence electrons. The lowest BCUT2D eigenvalue weighted by Crippen LogP contribution is -2.38. The molecule has 0 saturated carbocycles. The second-order valence-corrected chi connectivity index (χ2v) is 4.05. The van der Waals surface area contributed by atoms with Crippen molar-refractivity contribution < 1.29 is 9.59 Å². The van der Waals surface area contributed by atoms with Gasteiger partial charge in [-0.2, -0.15) is 0 Å². The minimum absolute atomic E-state index is 0.0951. The molecule has 0 aliphatic heterocycles. The van der Waals surface area contributed by atoms with Crippen molar-refractivity contribution in [3.8, 4) is 0 Å². The van der Waals surface area contributed by atoms with Crippen LogP contribution in [0.25, 0.3) is 0 Å². The summed E-state index contributed by atoms with van der Waals surface area (Å²) in [5.74, 6) is -0.340. The van der Waals surface area contributed by atoms with Gasteiger partial charge in [0.25, 0.3) is 0 Å². The van der Waals surface area contributed by atoms with Crippen LogP contribution in [-0.2, 0) is 16.1 Å². The van der Waals surface area contributed by atoms with Crippen LogP contribution in [0.3, 0.4) is 0 Å². The van der Waals surface area contributed by atoms with Crippen LogP contribution in [-0.4, -0.2) is 32.0 Å². The van der Waals surface area contributed by atoms with Gasteiger partial charge >= 0.3 is 0 Å². The number of hydrogen-bond donors (Lipinski definition) is 3. The Balaban J connectivity index is 2.25. The highest BCUT2D eigenvalue weighted by atomic mass is 35.5. The average molecular weight is 270 g/mol. The summed E-state index contributed by atoms with van der Waals surface area (Å²) in [6.45, 7) is 0.591. The Morgan fingerprint density at radius 1 is 1.17 bits per heavy atom. The molecular weight excluding hydrogens is 254 g/mol. The van der Waals surface area contributed by atoms with Crippen LogP contribution in [0.2, 0.25) is 5.02 Å². The molecule has 6 heteroatoms. The first kappa shape index (κ1) is 14.5. The first-order valence-corrected chi connectivity index (χ1v) is 5.92. The largest absolute Gasteiger partial charge is 0.358 e. The Hall–Kier alpha value is -1.59. The molecule has 0 heterocycles. The third kappa shape index (κ3) is 5.16. The number of likely N-dealkylation sites (N-methyl/N-ethyl adjacent to an activating group) is 1. The Kier molecular flexibility index (Phi) is 6.18. The van der Waals surface area contributed by atoms with E-state index in [1.165, 1.54) is 0 Å². The summed E-state index contributed by atoms with van der Waals surface area (Å²) in [4.78, 5) is 22.3. The van der Waals surface area contributed by atoms with Crippen LogP contribution in [0.1, 0.15) is 5.56 Å². The number of carbonyl (C=O) groups is 2. The van der Waals surface area contributed by atoms with Crippen molar-refractivity contribution in [1.82, 2.24) is 16.0 Å². The van der Waals surface area contributed by atoms with Gasteiger partial charge in [0.05, 0.1) is 13.1 Å². The number of benzene rings is 1. The number of nitrogens with one attached hydrogen (secondary N) is 3. The van der Waals surface area contributed by atoms with E-state index in [9.17, 15) is 9.59 Å². The van der Waals surface area contributed by atoms with Crippen molar-refractivity contribution >= 4 is 23.4 Å². The second-order valence-electron chi connectivity index (χ2n) is 3.64. The Morgan fingerprint density at radius 2 is 1.83 bits per heavy atom. The van der Waals surface area contributed by atoms with Crippen LogP contribution in [0.15, 0.2) is 24.3 Å². The fourth-order valence-electron chi connectivity index (χ4n) is 1.28. The molecule has 0 aliphatic rings. The van der Waals surface area contributed by atoms with Crippen LogP contribution < -0.4 is 16.0 Å². The molecule has 2 amide bonds. The van der Waals surface area contributed by atoms with E-state index in [2.05, 4.69) is 16.0 Å². The lowest BCUT2D eigenvalue weighted by Gasteiger charge is -2.07. The first-order chi connectivity index (χ1) is 8.63. The zero-order valence-electron chi connectivity index (χ0n) is 10.1. The quantitative estimate of drug-likeness (QED) is 0.695. The maximum Gasteiger partial charge on any atom is 0.234 e. The van der Waals surface area contributed by atoms with Crippen LogP contribution >= 0.6 is 11.6 Å². The van der Waals surface area contributed by atoms with Gasteiger partial charge in [0.1, 0.15) is 0 Å². The van der Waals surface area contributed by atoms with E-state index < -0.39 is 0 Å². The van der Waals surface area contributed by atoms with Gasteiger partial charge in [0, 0.05) is 18.6 Å². The summed E-state index contributed by atoms with van der Waals surface area (Å²) in [5.41, 5.74) is 0.860. The number of carbonyl (C=O) groups excluding carboxylic acids is 2. The predicted molar refractivity (Wildman–Crippen MR) is 70.2 cm³/mol. The highest BCUT2D eigenvalue weighted by molar-refractivity contribution is 6.31. The maximum absolute atomic E-state index is 11.4. The summed E-state index contributed by atoms with van der Waals surface area (Å²) in [5, 5.41) is 8.52. The summed E-state index contributed by atoms with van der Waals surface area (Å²) in [6, 6.07) is 7.31. The minimum atomic E-state index is -0.182. The van der Waals surface area contributed by atoms with Gasteiger partial charge in [-0.15, -0.1) is 0 Å². The molecule has 0 aromatic heterocycles. The molecule has 0 bridgehead atoms. The highest BCUT2D eigenvalue weighted by Crippen LogP contribution is 2.13. The topological polar surface area (TPSA) is 70.2 Å². The van der Waals surface area contributed by atoms with Crippen LogP contribution in [0.4, 0.5) is 0 Å². The van der Waals surface area contributed by atoms with Crippen LogP contribution in [0.5, 0.6) is 0 Å². The fourth-order valence-corrected chi connectivity index (χ4v) is 1.48. The normalized spacial score (nSPS) is 9.89. The van der Waals surface area contributed by atoms with Gasteiger partial charge in [-0.1, -0.05) is 29.8 Å². The molecule has 1 aromatic carbocycles. The molecule has 0 spiro atoms. The molecule has 0 saturated heterocycles. The molecular formula is C12H16ClN3O2. The Bertz CT molecular complexity index is 424. The maximum atomic E-state index is 11.4. The van der Waals surface area contributed by atoms with E-state index in [1.54, 1.807) is 13.1 Å². The van der Waals surface area contributed by atoms with Gasteiger partial charge in [-0.25, -0.2) is 0 Å². The molecule has 0 atom stereocenters. The molecule has 0 radical (unpaired) electrons. The van der Waals surface area contributed by atoms with Crippen molar-refractivity contribution in [1.29, 1.82) is 0 Å². The van der Waals surface area contributed by atoms with E-state index >= 15 is 0 Å². The van der Waals surface area contributed by atoms with E-state index in [4.69, 9.17) is 11.6 Å². The number of hydrogen-bond acceptors (Lipinski definition) is 3. The SMILES string of the molecule is CNC(=O)CNCC(=O)NCc1ccccc1Cl. The smallest absolute Gasteiger partial charge is 0.234 e. The molecule has 0 aliphatic carbocycles. The molecule has 1 aromatic rings. The van der Waals surface area contributed by atoms with Crippen molar-refractivity contribution in [2.24, 2.45) is 0 Å². The Labute approximate surface area is 111 Å². The molecule has 0 unspecified atom stereocenters. The lowest BCUT2D eigenvalue weighted by molar-refractivity contribution is -0.121. The first-order valence-electron chi connectivity index (χ1n) is 5.55. The molecule has 5 nitrogen and oxygen atoms in total. The van der Waals surface area contributed by atoms with Crippen molar-refractivity contribution in [2.45, 2.75) is 6.54 Å². The number of rotatable bonds is 6. The monoisotopic (exact) mass is 269 g/mol. The lowest BCUT2D eigenvalue weighted by atomic mass is 10.2. The third-order valence-corrected chi connectivity index (χ3v) is 2.65. The van der Waals surface area contributed by atoms with Gasteiger partial charge < -0.3 is 10.6 Å². The van der Waals surface area contributed by atoms with E-state index in [-0.39, 0.29) is 24.9 Å². The summed E-state index contributed by atoms with van der Waals surface area (Å²) >= 11 is 5.95. The fraction of sp³-hybridized carbons (Fsp3) is 0.333. The van der Waals surface area contributed by atoms with Crippen LogP contribution in [0, 0.1) is 0 Å². The minimum Gasteiger partial charge on any atom is -0.358 e. The highest BCUT2D eigenvalue weighted by Gasteiger charge is 2.04.